The number of fused-ring (bicyclic) bond motifs is 1. The predicted molar refractivity (Wildman–Crippen MR) is 99.2 cm³/mol. The van der Waals surface area contributed by atoms with Crippen LogP contribution < -0.4 is 5.32 Å². The number of halogens is 2. The number of likely N-dealkylation sites (N-methyl/N-ethyl adjacent to an activating group) is 1. The van der Waals surface area contributed by atoms with E-state index >= 15 is 0 Å². The highest BCUT2D eigenvalue weighted by Crippen LogP contribution is 2.36. The second-order valence-corrected chi connectivity index (χ2v) is 7.10. The first-order valence-electron chi connectivity index (χ1n) is 8.50. The Morgan fingerprint density at radius 3 is 2.96 bits per heavy atom. The fourth-order valence-electron chi connectivity index (χ4n) is 3.49. The van der Waals surface area contributed by atoms with Gasteiger partial charge in [0.15, 0.2) is 0 Å². The van der Waals surface area contributed by atoms with Gasteiger partial charge in [0.05, 0.1) is 11.1 Å². The van der Waals surface area contributed by atoms with Crippen molar-refractivity contribution in [2.24, 2.45) is 0 Å². The molecule has 0 spiro atoms. The number of phenolic OH excluding ortho intramolecular Hbond substituents is 1. The summed E-state index contributed by atoms with van der Waals surface area (Å²) in [5.74, 6) is -0.299. The molecule has 8 heteroatoms. The monoisotopic (exact) mass is 375 g/mol. The number of nitrogens with zero attached hydrogens (tertiary/aromatic N) is 4. The zero-order chi connectivity index (χ0) is 18.3. The zero-order valence-electron chi connectivity index (χ0n) is 14.3. The Labute approximate surface area is 155 Å². The fraction of sp³-hybridized carbons (Fsp3) is 0.333. The Bertz CT molecular complexity index is 937. The molecular formula is C18H19ClFN5O. The van der Waals surface area contributed by atoms with Gasteiger partial charge < -0.3 is 15.3 Å². The summed E-state index contributed by atoms with van der Waals surface area (Å²) in [5, 5.41) is 22.2. The van der Waals surface area contributed by atoms with Crippen molar-refractivity contribution >= 4 is 23.1 Å². The summed E-state index contributed by atoms with van der Waals surface area (Å²) in [5.41, 5.74) is 0.922. The van der Waals surface area contributed by atoms with Crippen LogP contribution in [0.2, 0.25) is 5.02 Å². The zero-order valence-corrected chi connectivity index (χ0v) is 15.0. The van der Waals surface area contributed by atoms with E-state index in [4.69, 9.17) is 11.6 Å². The first-order chi connectivity index (χ1) is 12.5. The highest BCUT2D eigenvalue weighted by Gasteiger charge is 2.21. The molecule has 2 N–H and O–H groups in total. The minimum atomic E-state index is -0.637. The quantitative estimate of drug-likeness (QED) is 0.734. The van der Waals surface area contributed by atoms with Crippen molar-refractivity contribution in [2.45, 2.75) is 18.9 Å². The topological polar surface area (TPSA) is 65.7 Å². The highest BCUT2D eigenvalue weighted by atomic mass is 35.5. The molecule has 4 rings (SSSR count). The Morgan fingerprint density at radius 2 is 2.19 bits per heavy atom. The molecule has 136 valence electrons. The van der Waals surface area contributed by atoms with E-state index in [1.165, 1.54) is 6.07 Å². The van der Waals surface area contributed by atoms with E-state index in [1.807, 2.05) is 22.7 Å². The minimum absolute atomic E-state index is 0.00505. The van der Waals surface area contributed by atoms with Crippen LogP contribution >= 0.6 is 11.6 Å². The molecule has 0 aliphatic carbocycles. The molecule has 0 saturated carbocycles. The maximum atomic E-state index is 14.4. The smallest absolute Gasteiger partial charge is 0.228 e. The molecule has 1 atom stereocenters. The Balaban J connectivity index is 1.75. The van der Waals surface area contributed by atoms with Crippen LogP contribution in [0.5, 0.6) is 5.75 Å². The van der Waals surface area contributed by atoms with Gasteiger partial charge in [-0.25, -0.2) is 4.39 Å². The van der Waals surface area contributed by atoms with E-state index in [2.05, 4.69) is 27.5 Å². The number of phenols is 1. The van der Waals surface area contributed by atoms with Crippen molar-refractivity contribution in [3.63, 3.8) is 0 Å². The average Bonchev–Trinajstić information content (AvgIpc) is 3.06. The van der Waals surface area contributed by atoms with Gasteiger partial charge >= 0.3 is 0 Å². The summed E-state index contributed by atoms with van der Waals surface area (Å²) in [6.45, 7) is 2.02. The van der Waals surface area contributed by atoms with Gasteiger partial charge in [-0.2, -0.15) is 0 Å². The van der Waals surface area contributed by atoms with Gasteiger partial charge in [0.25, 0.3) is 0 Å². The number of hydrogen-bond donors (Lipinski definition) is 2. The van der Waals surface area contributed by atoms with E-state index in [0.717, 1.165) is 32.0 Å². The average molecular weight is 376 g/mol. The normalized spacial score (nSPS) is 18.3. The summed E-state index contributed by atoms with van der Waals surface area (Å²) in [6, 6.07) is 6.38. The Hall–Kier alpha value is -2.38. The second kappa shape index (κ2) is 6.74. The lowest BCUT2D eigenvalue weighted by Crippen LogP contribution is -2.40. The summed E-state index contributed by atoms with van der Waals surface area (Å²) in [7, 11) is 2.10. The van der Waals surface area contributed by atoms with Crippen LogP contribution in [-0.2, 0) is 0 Å². The predicted octanol–water partition coefficient (Wildman–Crippen LogP) is 3.40. The molecule has 3 aromatic rings. The molecular weight excluding hydrogens is 357 g/mol. The van der Waals surface area contributed by atoms with Crippen molar-refractivity contribution in [2.75, 3.05) is 25.5 Å². The maximum absolute atomic E-state index is 14.4. The third kappa shape index (κ3) is 3.08. The molecule has 1 saturated heterocycles. The van der Waals surface area contributed by atoms with Gasteiger partial charge in [-0.3, -0.25) is 4.40 Å². The van der Waals surface area contributed by atoms with Crippen LogP contribution in [0, 0.1) is 5.82 Å². The number of rotatable bonds is 3. The number of benzene rings is 1. The molecule has 6 nitrogen and oxygen atoms in total. The van der Waals surface area contributed by atoms with Crippen molar-refractivity contribution < 1.29 is 9.50 Å². The van der Waals surface area contributed by atoms with Gasteiger partial charge in [0.1, 0.15) is 17.3 Å². The molecule has 0 radical (unpaired) electrons. The number of anilines is 1. The van der Waals surface area contributed by atoms with E-state index in [0.29, 0.717) is 11.5 Å². The van der Waals surface area contributed by atoms with Crippen molar-refractivity contribution in [3.8, 4) is 17.0 Å². The summed E-state index contributed by atoms with van der Waals surface area (Å²) in [6.07, 6.45) is 4.02. The number of likely N-dealkylation sites (tertiary alicyclic amines) is 1. The molecule has 1 aromatic carbocycles. The van der Waals surface area contributed by atoms with Crippen LogP contribution in [0.4, 0.5) is 10.3 Å². The lowest BCUT2D eigenvalue weighted by atomic mass is 10.1. The van der Waals surface area contributed by atoms with E-state index in [-0.39, 0.29) is 28.1 Å². The van der Waals surface area contributed by atoms with Crippen LogP contribution in [0.15, 0.2) is 30.5 Å². The summed E-state index contributed by atoms with van der Waals surface area (Å²) >= 11 is 5.80. The van der Waals surface area contributed by atoms with Gasteiger partial charge in [-0.1, -0.05) is 11.6 Å². The second-order valence-electron chi connectivity index (χ2n) is 6.66. The lowest BCUT2D eigenvalue weighted by Gasteiger charge is -2.30. The standard InChI is InChI=1S/C18H19ClFN5O/c1-24-6-2-4-12(10-24)21-18-23-22-17(14-5-3-7-25(14)18)16-13(20)8-11(19)9-15(16)26/h3,5,7-9,12,26H,2,4,6,10H2,1H3,(H,21,23)/t12-/m1/s1. The molecule has 3 heterocycles. The van der Waals surface area contributed by atoms with Gasteiger partial charge in [0.2, 0.25) is 5.95 Å². The molecule has 0 bridgehead atoms. The van der Waals surface area contributed by atoms with E-state index in [9.17, 15) is 9.50 Å². The van der Waals surface area contributed by atoms with Gasteiger partial charge in [-0.15, -0.1) is 10.2 Å². The summed E-state index contributed by atoms with van der Waals surface area (Å²) in [4.78, 5) is 2.27. The first-order valence-corrected chi connectivity index (χ1v) is 8.88. The van der Waals surface area contributed by atoms with Gasteiger partial charge in [-0.05, 0) is 50.7 Å². The van der Waals surface area contributed by atoms with Crippen LogP contribution in [0.1, 0.15) is 12.8 Å². The number of piperidine rings is 1. The number of hydrogen-bond acceptors (Lipinski definition) is 5. The molecule has 0 unspecified atom stereocenters. The van der Waals surface area contributed by atoms with E-state index in [1.54, 1.807) is 0 Å². The number of nitrogens with one attached hydrogen (secondary N) is 1. The Morgan fingerprint density at radius 1 is 1.35 bits per heavy atom. The maximum Gasteiger partial charge on any atom is 0.228 e. The van der Waals surface area contributed by atoms with Crippen molar-refractivity contribution in [1.82, 2.24) is 19.5 Å². The van der Waals surface area contributed by atoms with Crippen LogP contribution in [-0.4, -0.2) is 50.8 Å². The molecule has 0 amide bonds. The number of aromatic nitrogens is 3. The lowest BCUT2D eigenvalue weighted by molar-refractivity contribution is 0.260. The third-order valence-electron chi connectivity index (χ3n) is 4.69. The van der Waals surface area contributed by atoms with Crippen molar-refractivity contribution in [1.29, 1.82) is 0 Å². The minimum Gasteiger partial charge on any atom is -0.507 e. The van der Waals surface area contributed by atoms with Crippen LogP contribution in [0.3, 0.4) is 0 Å². The molecule has 26 heavy (non-hydrogen) atoms. The number of aromatic hydroxyl groups is 1. The molecule has 1 aliphatic rings. The van der Waals surface area contributed by atoms with Gasteiger partial charge in [0, 0.05) is 23.8 Å². The molecule has 1 aliphatic heterocycles. The first kappa shape index (κ1) is 17.1. The molecule has 2 aromatic heterocycles. The third-order valence-corrected chi connectivity index (χ3v) is 4.91. The highest BCUT2D eigenvalue weighted by molar-refractivity contribution is 6.30. The van der Waals surface area contributed by atoms with Crippen LogP contribution in [0.25, 0.3) is 16.8 Å². The largest absolute Gasteiger partial charge is 0.507 e. The van der Waals surface area contributed by atoms with Crippen molar-refractivity contribution in [3.05, 3.63) is 41.3 Å². The SMILES string of the molecule is CN1CCC[C@@H](Nc2nnc(-c3c(O)cc(Cl)cc3F)c3cccn23)C1. The molecule has 1 fully saturated rings. The summed E-state index contributed by atoms with van der Waals surface area (Å²) < 4.78 is 16.2. The van der Waals surface area contributed by atoms with E-state index < -0.39 is 5.82 Å². The fourth-order valence-corrected chi connectivity index (χ4v) is 3.69. The Kier molecular flexibility index (Phi) is 4.42.